The SMILES string of the molecule is CC(=O)N[C@H]1CCCC[C@@H]1O[C@@H](C)C(=O)N[C@@H](C)C(=O)N[C@H](CCC(=O)OCc1ccccc1)C(N)=O. The van der Waals surface area contributed by atoms with Crippen LogP contribution in [0.3, 0.4) is 0 Å². The monoisotopic (exact) mass is 518 g/mol. The second-order valence-electron chi connectivity index (χ2n) is 9.29. The lowest BCUT2D eigenvalue weighted by molar-refractivity contribution is -0.145. The van der Waals surface area contributed by atoms with Gasteiger partial charge in [-0.1, -0.05) is 43.2 Å². The third kappa shape index (κ3) is 10.6. The van der Waals surface area contributed by atoms with Crippen molar-refractivity contribution in [2.75, 3.05) is 0 Å². The lowest BCUT2D eigenvalue weighted by Gasteiger charge is -2.33. The molecule has 0 aliphatic heterocycles. The Kier molecular flexibility index (Phi) is 12.0. The van der Waals surface area contributed by atoms with Crippen LogP contribution in [0, 0.1) is 0 Å². The molecule has 204 valence electrons. The van der Waals surface area contributed by atoms with Crippen LogP contribution in [-0.4, -0.2) is 59.9 Å². The predicted molar refractivity (Wildman–Crippen MR) is 135 cm³/mol. The van der Waals surface area contributed by atoms with Crippen LogP contribution >= 0.6 is 0 Å². The molecule has 5 N–H and O–H groups in total. The van der Waals surface area contributed by atoms with Gasteiger partial charge in [0.1, 0.15) is 24.8 Å². The van der Waals surface area contributed by atoms with Gasteiger partial charge in [-0.15, -0.1) is 0 Å². The molecule has 1 aliphatic rings. The van der Waals surface area contributed by atoms with Gasteiger partial charge in [0, 0.05) is 13.3 Å². The van der Waals surface area contributed by atoms with Gasteiger partial charge in [-0.25, -0.2) is 0 Å². The van der Waals surface area contributed by atoms with E-state index >= 15 is 0 Å². The fourth-order valence-electron chi connectivity index (χ4n) is 4.06. The molecule has 0 radical (unpaired) electrons. The minimum Gasteiger partial charge on any atom is -0.461 e. The highest BCUT2D eigenvalue weighted by molar-refractivity contribution is 5.92. The molecule has 1 aromatic carbocycles. The molecule has 1 saturated carbocycles. The third-order valence-electron chi connectivity index (χ3n) is 6.13. The van der Waals surface area contributed by atoms with Crippen LogP contribution in [0.1, 0.15) is 64.9 Å². The molecule has 1 aliphatic carbocycles. The molecule has 0 saturated heterocycles. The maximum Gasteiger partial charge on any atom is 0.306 e. The second-order valence-corrected chi connectivity index (χ2v) is 9.29. The molecular formula is C26H38N4O7. The summed E-state index contributed by atoms with van der Waals surface area (Å²) in [7, 11) is 0. The second kappa shape index (κ2) is 14.9. The van der Waals surface area contributed by atoms with Gasteiger partial charge < -0.3 is 31.2 Å². The van der Waals surface area contributed by atoms with E-state index in [4.69, 9.17) is 15.2 Å². The van der Waals surface area contributed by atoms with Crippen LogP contribution in [0.25, 0.3) is 0 Å². The zero-order valence-electron chi connectivity index (χ0n) is 21.7. The fraction of sp³-hybridized carbons (Fsp3) is 0.577. The van der Waals surface area contributed by atoms with Crippen molar-refractivity contribution in [1.82, 2.24) is 16.0 Å². The molecule has 0 unspecified atom stereocenters. The standard InChI is InChI=1S/C26H38N4O7/c1-16(28-26(35)17(2)37-22-12-8-7-11-20(22)29-18(3)31)25(34)30-21(24(27)33)13-14-23(32)36-15-19-9-5-4-6-10-19/h4-6,9-10,16-17,20-22H,7-8,11-15H2,1-3H3,(H2,27,33)(H,28,35)(H,29,31)(H,30,34)/t16-,17-,20-,21+,22-/m0/s1. The molecule has 0 heterocycles. The van der Waals surface area contributed by atoms with Gasteiger partial charge >= 0.3 is 5.97 Å². The number of nitrogens with two attached hydrogens (primary N) is 1. The van der Waals surface area contributed by atoms with Crippen molar-refractivity contribution >= 4 is 29.6 Å². The summed E-state index contributed by atoms with van der Waals surface area (Å²) in [6.07, 6.45) is 2.06. The predicted octanol–water partition coefficient (Wildman–Crippen LogP) is 0.837. The molecular weight excluding hydrogens is 480 g/mol. The van der Waals surface area contributed by atoms with E-state index in [0.29, 0.717) is 6.42 Å². The topological polar surface area (TPSA) is 166 Å². The minimum absolute atomic E-state index is 0.0406. The number of esters is 1. The highest BCUT2D eigenvalue weighted by Crippen LogP contribution is 2.22. The van der Waals surface area contributed by atoms with Crippen molar-refractivity contribution in [3.8, 4) is 0 Å². The summed E-state index contributed by atoms with van der Waals surface area (Å²) in [6.45, 7) is 4.58. The Morgan fingerprint density at radius 1 is 1.00 bits per heavy atom. The molecule has 1 fully saturated rings. The molecule has 0 bridgehead atoms. The summed E-state index contributed by atoms with van der Waals surface area (Å²) in [5, 5.41) is 7.91. The molecule has 11 heteroatoms. The smallest absolute Gasteiger partial charge is 0.306 e. The average molecular weight is 519 g/mol. The number of benzene rings is 1. The lowest BCUT2D eigenvalue weighted by Crippen LogP contribution is -2.54. The van der Waals surface area contributed by atoms with E-state index in [-0.39, 0.29) is 37.5 Å². The Hall–Kier alpha value is -3.47. The molecule has 1 aromatic rings. The quantitative estimate of drug-likeness (QED) is 0.281. The number of nitrogens with one attached hydrogen (secondary N) is 3. The first-order chi connectivity index (χ1) is 17.6. The van der Waals surface area contributed by atoms with Gasteiger partial charge in [0.25, 0.3) is 0 Å². The van der Waals surface area contributed by atoms with Crippen LogP contribution in [0.15, 0.2) is 30.3 Å². The summed E-state index contributed by atoms with van der Waals surface area (Å²) in [5.74, 6) is -2.63. The van der Waals surface area contributed by atoms with E-state index in [9.17, 15) is 24.0 Å². The number of ether oxygens (including phenoxy) is 2. The van der Waals surface area contributed by atoms with E-state index < -0.39 is 41.9 Å². The van der Waals surface area contributed by atoms with E-state index in [2.05, 4.69) is 16.0 Å². The first-order valence-corrected chi connectivity index (χ1v) is 12.6. The van der Waals surface area contributed by atoms with Gasteiger partial charge in [0.2, 0.25) is 23.6 Å². The van der Waals surface area contributed by atoms with Crippen molar-refractivity contribution in [2.24, 2.45) is 5.73 Å². The maximum absolute atomic E-state index is 12.6. The Balaban J connectivity index is 1.80. The van der Waals surface area contributed by atoms with Gasteiger partial charge in [0.15, 0.2) is 0 Å². The first-order valence-electron chi connectivity index (χ1n) is 12.6. The van der Waals surface area contributed by atoms with Crippen molar-refractivity contribution in [3.05, 3.63) is 35.9 Å². The normalized spacial score (nSPS) is 19.5. The van der Waals surface area contributed by atoms with E-state index in [1.807, 2.05) is 30.3 Å². The average Bonchev–Trinajstić information content (AvgIpc) is 2.86. The van der Waals surface area contributed by atoms with Crippen LogP contribution in [-0.2, 0) is 40.1 Å². The molecule has 4 amide bonds. The summed E-state index contributed by atoms with van der Waals surface area (Å²) in [5.41, 5.74) is 6.22. The van der Waals surface area contributed by atoms with Crippen LogP contribution in [0.4, 0.5) is 0 Å². The Labute approximate surface area is 217 Å². The number of carbonyl (C=O) groups is 5. The molecule has 2 rings (SSSR count). The number of hydrogen-bond donors (Lipinski definition) is 4. The van der Waals surface area contributed by atoms with Crippen molar-refractivity contribution < 1.29 is 33.4 Å². The highest BCUT2D eigenvalue weighted by atomic mass is 16.5. The molecule has 5 atom stereocenters. The lowest BCUT2D eigenvalue weighted by atomic mass is 9.92. The zero-order chi connectivity index (χ0) is 27.4. The number of rotatable bonds is 13. The van der Waals surface area contributed by atoms with Crippen LogP contribution in [0.5, 0.6) is 0 Å². The molecule has 0 aromatic heterocycles. The Morgan fingerprint density at radius 3 is 2.32 bits per heavy atom. The summed E-state index contributed by atoms with van der Waals surface area (Å²) in [6, 6.07) is 6.88. The third-order valence-corrected chi connectivity index (χ3v) is 6.13. The van der Waals surface area contributed by atoms with E-state index in [1.165, 1.54) is 13.8 Å². The van der Waals surface area contributed by atoms with Crippen LogP contribution in [0.2, 0.25) is 0 Å². The molecule has 11 nitrogen and oxygen atoms in total. The summed E-state index contributed by atoms with van der Waals surface area (Å²) >= 11 is 0. The van der Waals surface area contributed by atoms with Crippen LogP contribution < -0.4 is 21.7 Å². The van der Waals surface area contributed by atoms with Crippen molar-refractivity contribution in [3.63, 3.8) is 0 Å². The summed E-state index contributed by atoms with van der Waals surface area (Å²) in [4.78, 5) is 60.6. The summed E-state index contributed by atoms with van der Waals surface area (Å²) < 4.78 is 11.1. The van der Waals surface area contributed by atoms with Gasteiger partial charge in [-0.05, 0) is 38.7 Å². The number of carbonyl (C=O) groups excluding carboxylic acids is 5. The van der Waals surface area contributed by atoms with Gasteiger partial charge in [-0.2, -0.15) is 0 Å². The Morgan fingerprint density at radius 2 is 1.68 bits per heavy atom. The minimum atomic E-state index is -1.11. The van der Waals surface area contributed by atoms with Gasteiger partial charge in [0.05, 0.1) is 12.1 Å². The maximum atomic E-state index is 12.6. The number of primary amides is 1. The van der Waals surface area contributed by atoms with E-state index in [0.717, 1.165) is 24.8 Å². The molecule has 0 spiro atoms. The highest BCUT2D eigenvalue weighted by Gasteiger charge is 2.31. The fourth-order valence-corrected chi connectivity index (χ4v) is 4.06. The van der Waals surface area contributed by atoms with Crippen molar-refractivity contribution in [2.45, 2.75) is 96.2 Å². The first kappa shape index (κ1) is 29.8. The molecule has 37 heavy (non-hydrogen) atoms. The number of hydrogen-bond acceptors (Lipinski definition) is 7. The van der Waals surface area contributed by atoms with E-state index in [1.54, 1.807) is 6.92 Å². The number of amides is 4. The van der Waals surface area contributed by atoms with Gasteiger partial charge in [-0.3, -0.25) is 24.0 Å². The Bertz CT molecular complexity index is 940. The largest absolute Gasteiger partial charge is 0.461 e. The zero-order valence-corrected chi connectivity index (χ0v) is 21.7. The van der Waals surface area contributed by atoms with Crippen molar-refractivity contribution in [1.29, 1.82) is 0 Å².